The number of esters is 1. The number of ether oxygens (including phenoxy) is 1. The van der Waals surface area contributed by atoms with Crippen LogP contribution in [0.1, 0.15) is 19.3 Å². The Kier molecular flexibility index (Phi) is 2.40. The predicted molar refractivity (Wildman–Crippen MR) is 50.5 cm³/mol. The van der Waals surface area contributed by atoms with Crippen LogP contribution in [0.15, 0.2) is 12.2 Å². The zero-order valence-electron chi connectivity index (χ0n) is 8.23. The Bertz CT molecular complexity index is 293. The monoisotopic (exact) mass is 194 g/mol. The maximum atomic E-state index is 11.5. The molecule has 14 heavy (non-hydrogen) atoms. The van der Waals surface area contributed by atoms with Gasteiger partial charge in [0.2, 0.25) is 0 Å². The average molecular weight is 194 g/mol. The fourth-order valence-electron chi connectivity index (χ4n) is 2.57. The van der Waals surface area contributed by atoms with E-state index >= 15 is 0 Å². The van der Waals surface area contributed by atoms with Crippen molar-refractivity contribution in [1.82, 2.24) is 0 Å². The fraction of sp³-hybridized carbons (Fsp3) is 0.636. The van der Waals surface area contributed by atoms with E-state index in [2.05, 4.69) is 0 Å². The Morgan fingerprint density at radius 2 is 2.36 bits per heavy atom. The molecular weight excluding hydrogens is 180 g/mol. The van der Waals surface area contributed by atoms with E-state index in [1.165, 1.54) is 7.11 Å². The summed E-state index contributed by atoms with van der Waals surface area (Å²) in [4.78, 5) is 22.9. The summed E-state index contributed by atoms with van der Waals surface area (Å²) in [5.41, 5.74) is 0. The maximum Gasteiger partial charge on any atom is 0.312 e. The van der Waals surface area contributed by atoms with Gasteiger partial charge in [-0.1, -0.05) is 12.2 Å². The summed E-state index contributed by atoms with van der Waals surface area (Å²) in [6, 6.07) is 0. The minimum Gasteiger partial charge on any atom is -0.469 e. The van der Waals surface area contributed by atoms with Crippen molar-refractivity contribution in [2.45, 2.75) is 19.3 Å². The van der Waals surface area contributed by atoms with Crippen molar-refractivity contribution < 1.29 is 14.3 Å². The number of methoxy groups -OCH3 is 1. The van der Waals surface area contributed by atoms with Crippen molar-refractivity contribution in [3.8, 4) is 0 Å². The molecule has 3 nitrogen and oxygen atoms in total. The number of fused-ring (bicyclic) bond motifs is 1. The van der Waals surface area contributed by atoms with E-state index in [-0.39, 0.29) is 23.7 Å². The SMILES string of the molecule is COC(=O)C1C=CC[C@@H]2C(=O)CC[C@H]12. The first-order chi connectivity index (χ1) is 6.74. The average Bonchev–Trinajstić information content (AvgIpc) is 2.59. The quantitative estimate of drug-likeness (QED) is 0.467. The number of rotatable bonds is 1. The number of hydrogen-bond acceptors (Lipinski definition) is 3. The van der Waals surface area contributed by atoms with Crippen molar-refractivity contribution in [1.29, 1.82) is 0 Å². The molecule has 76 valence electrons. The van der Waals surface area contributed by atoms with Crippen LogP contribution in [0.2, 0.25) is 0 Å². The predicted octanol–water partition coefficient (Wildman–Crippen LogP) is 1.33. The van der Waals surface area contributed by atoms with Crippen LogP contribution in [0, 0.1) is 17.8 Å². The van der Waals surface area contributed by atoms with Crippen LogP contribution in [-0.4, -0.2) is 18.9 Å². The van der Waals surface area contributed by atoms with Crippen LogP contribution in [0.4, 0.5) is 0 Å². The lowest BCUT2D eigenvalue weighted by Crippen LogP contribution is -2.30. The number of ketones is 1. The van der Waals surface area contributed by atoms with E-state index in [0.29, 0.717) is 12.2 Å². The van der Waals surface area contributed by atoms with Crippen LogP contribution in [0.3, 0.4) is 0 Å². The van der Waals surface area contributed by atoms with Gasteiger partial charge in [-0.05, 0) is 18.8 Å². The van der Waals surface area contributed by atoms with Crippen LogP contribution in [-0.2, 0) is 14.3 Å². The van der Waals surface area contributed by atoms with Crippen molar-refractivity contribution >= 4 is 11.8 Å². The first kappa shape index (κ1) is 9.44. The molecule has 0 aliphatic heterocycles. The second kappa shape index (κ2) is 3.56. The number of allylic oxidation sites excluding steroid dienone is 1. The molecule has 2 rings (SSSR count). The summed E-state index contributed by atoms with van der Waals surface area (Å²) >= 11 is 0. The first-order valence-electron chi connectivity index (χ1n) is 5.01. The van der Waals surface area contributed by atoms with E-state index in [0.717, 1.165) is 12.8 Å². The van der Waals surface area contributed by atoms with Gasteiger partial charge in [-0.2, -0.15) is 0 Å². The molecule has 0 heterocycles. The summed E-state index contributed by atoms with van der Waals surface area (Å²) in [6.07, 6.45) is 6.10. The third-order valence-corrected chi connectivity index (χ3v) is 3.32. The lowest BCUT2D eigenvalue weighted by Gasteiger charge is -2.26. The van der Waals surface area contributed by atoms with E-state index in [4.69, 9.17) is 4.74 Å². The number of Topliss-reactive ketones (excluding diaryl/α,β-unsaturated/α-hetero) is 1. The summed E-state index contributed by atoms with van der Waals surface area (Å²) < 4.78 is 4.73. The molecule has 0 aromatic heterocycles. The second-order valence-electron chi connectivity index (χ2n) is 3.99. The molecular formula is C11H14O3. The minimum atomic E-state index is -0.203. The molecule has 2 aliphatic rings. The molecule has 0 N–H and O–H groups in total. The van der Waals surface area contributed by atoms with Gasteiger partial charge in [-0.25, -0.2) is 0 Å². The lowest BCUT2D eigenvalue weighted by atomic mass is 9.78. The summed E-state index contributed by atoms with van der Waals surface area (Å²) in [5.74, 6) is 0.188. The van der Waals surface area contributed by atoms with Gasteiger partial charge in [0.1, 0.15) is 5.78 Å². The van der Waals surface area contributed by atoms with Gasteiger partial charge in [0.15, 0.2) is 0 Å². The van der Waals surface area contributed by atoms with E-state index < -0.39 is 0 Å². The smallest absolute Gasteiger partial charge is 0.312 e. The molecule has 2 aliphatic carbocycles. The van der Waals surface area contributed by atoms with Gasteiger partial charge in [-0.15, -0.1) is 0 Å². The Morgan fingerprint density at radius 3 is 3.07 bits per heavy atom. The molecule has 1 unspecified atom stereocenters. The molecule has 1 saturated carbocycles. The highest BCUT2D eigenvalue weighted by atomic mass is 16.5. The minimum absolute atomic E-state index is 0.0732. The highest BCUT2D eigenvalue weighted by molar-refractivity contribution is 5.86. The van der Waals surface area contributed by atoms with Gasteiger partial charge in [0, 0.05) is 12.3 Å². The molecule has 0 bridgehead atoms. The highest BCUT2D eigenvalue weighted by Crippen LogP contribution is 2.40. The summed E-state index contributed by atoms with van der Waals surface area (Å²) in [6.45, 7) is 0. The van der Waals surface area contributed by atoms with Gasteiger partial charge in [0.05, 0.1) is 13.0 Å². The normalized spacial score (nSPS) is 35.5. The number of carbonyl (C=O) groups is 2. The first-order valence-corrected chi connectivity index (χ1v) is 5.01. The number of carbonyl (C=O) groups excluding carboxylic acids is 2. The van der Waals surface area contributed by atoms with Crippen molar-refractivity contribution in [3.05, 3.63) is 12.2 Å². The molecule has 0 spiro atoms. The topological polar surface area (TPSA) is 43.4 Å². The van der Waals surface area contributed by atoms with Crippen molar-refractivity contribution in [2.24, 2.45) is 17.8 Å². The Hall–Kier alpha value is -1.12. The van der Waals surface area contributed by atoms with Crippen molar-refractivity contribution in [2.75, 3.05) is 7.11 Å². The molecule has 0 aromatic carbocycles. The molecule has 0 radical (unpaired) electrons. The molecule has 0 amide bonds. The van der Waals surface area contributed by atoms with Crippen LogP contribution in [0.25, 0.3) is 0 Å². The van der Waals surface area contributed by atoms with Gasteiger partial charge in [-0.3, -0.25) is 9.59 Å². The van der Waals surface area contributed by atoms with Gasteiger partial charge < -0.3 is 4.74 Å². The fourth-order valence-corrected chi connectivity index (χ4v) is 2.57. The highest BCUT2D eigenvalue weighted by Gasteiger charge is 2.42. The van der Waals surface area contributed by atoms with E-state index in [9.17, 15) is 9.59 Å². The number of hydrogen-bond donors (Lipinski definition) is 0. The summed E-state index contributed by atoms with van der Waals surface area (Å²) in [7, 11) is 1.40. The Labute approximate surface area is 83.1 Å². The van der Waals surface area contributed by atoms with Gasteiger partial charge in [0.25, 0.3) is 0 Å². The second-order valence-corrected chi connectivity index (χ2v) is 3.99. The lowest BCUT2D eigenvalue weighted by molar-refractivity contribution is -0.146. The largest absolute Gasteiger partial charge is 0.469 e. The van der Waals surface area contributed by atoms with Crippen LogP contribution >= 0.6 is 0 Å². The Balaban J connectivity index is 2.19. The molecule has 0 saturated heterocycles. The molecule has 3 atom stereocenters. The standard InChI is InChI=1S/C11H14O3/c1-14-11(13)9-4-2-3-8-7(9)5-6-10(8)12/h2,4,7-9H,3,5-6H2,1H3/t7-,8-,9?/m0/s1. The van der Waals surface area contributed by atoms with Crippen LogP contribution in [0.5, 0.6) is 0 Å². The van der Waals surface area contributed by atoms with Crippen molar-refractivity contribution in [3.63, 3.8) is 0 Å². The third-order valence-electron chi connectivity index (χ3n) is 3.32. The third kappa shape index (κ3) is 1.37. The molecule has 3 heteroatoms. The van der Waals surface area contributed by atoms with E-state index in [1.807, 2.05) is 12.2 Å². The zero-order chi connectivity index (χ0) is 10.1. The van der Waals surface area contributed by atoms with E-state index in [1.54, 1.807) is 0 Å². The van der Waals surface area contributed by atoms with Gasteiger partial charge >= 0.3 is 5.97 Å². The molecule has 1 fully saturated rings. The van der Waals surface area contributed by atoms with Crippen LogP contribution < -0.4 is 0 Å². The summed E-state index contributed by atoms with van der Waals surface area (Å²) in [5, 5.41) is 0. The zero-order valence-corrected chi connectivity index (χ0v) is 8.23. The Morgan fingerprint density at radius 1 is 1.57 bits per heavy atom. The molecule has 0 aromatic rings. The maximum absolute atomic E-state index is 11.5.